The lowest BCUT2D eigenvalue weighted by Crippen LogP contribution is -2.10. The molecule has 0 N–H and O–H groups in total. The van der Waals surface area contributed by atoms with E-state index >= 15 is 0 Å². The Morgan fingerprint density at radius 3 is 2.44 bits per heavy atom. The van der Waals surface area contributed by atoms with Crippen LogP contribution in [0.2, 0.25) is 0 Å². The molecule has 0 spiro atoms. The van der Waals surface area contributed by atoms with Crippen LogP contribution in [0, 0.1) is 0 Å². The van der Waals surface area contributed by atoms with Crippen LogP contribution in [0.15, 0.2) is 30.3 Å². The van der Waals surface area contributed by atoms with Gasteiger partial charge in [0.15, 0.2) is 0 Å². The maximum atomic E-state index is 11.3. The molecule has 0 amide bonds. The van der Waals surface area contributed by atoms with Gasteiger partial charge in [0.25, 0.3) is 0 Å². The molecule has 0 atom stereocenters. The Bertz CT molecular complexity index is 378. The zero-order chi connectivity index (χ0) is 13.2. The highest BCUT2D eigenvalue weighted by atomic mass is 35.5. The van der Waals surface area contributed by atoms with E-state index in [2.05, 4.69) is 0 Å². The van der Waals surface area contributed by atoms with Gasteiger partial charge in [-0.1, -0.05) is 30.3 Å². The van der Waals surface area contributed by atoms with Crippen LogP contribution in [0.4, 0.5) is 0 Å². The van der Waals surface area contributed by atoms with E-state index in [1.807, 2.05) is 30.3 Å². The summed E-state index contributed by atoms with van der Waals surface area (Å²) in [4.78, 5) is 22.0. The first-order valence-electron chi connectivity index (χ1n) is 5.63. The van der Waals surface area contributed by atoms with Gasteiger partial charge in [-0.15, -0.1) is 11.6 Å². The van der Waals surface area contributed by atoms with E-state index in [-0.39, 0.29) is 31.5 Å². The number of ether oxygens (including phenoxy) is 2. The molecule has 98 valence electrons. The van der Waals surface area contributed by atoms with Crippen molar-refractivity contribution in [3.05, 3.63) is 35.9 Å². The molecule has 0 saturated carbocycles. The maximum absolute atomic E-state index is 11.3. The summed E-state index contributed by atoms with van der Waals surface area (Å²) in [6.07, 6.45) is 0.665. The Balaban J connectivity index is 2.09. The highest BCUT2D eigenvalue weighted by molar-refractivity contribution is 6.26. The van der Waals surface area contributed by atoms with Crippen molar-refractivity contribution < 1.29 is 19.1 Å². The summed E-state index contributed by atoms with van der Waals surface area (Å²) in [5.41, 5.74) is 0.944. The monoisotopic (exact) mass is 270 g/mol. The molecule has 0 aliphatic rings. The third-order valence-electron chi connectivity index (χ3n) is 2.14. The van der Waals surface area contributed by atoms with E-state index in [1.54, 1.807) is 0 Å². The number of carbonyl (C=O) groups excluding carboxylic acids is 2. The largest absolute Gasteiger partial charge is 0.465 e. The Kier molecular flexibility index (Phi) is 6.87. The number of benzene rings is 1. The van der Waals surface area contributed by atoms with Crippen LogP contribution < -0.4 is 0 Å². The molecule has 0 aliphatic heterocycles. The lowest BCUT2D eigenvalue weighted by atomic mass is 10.2. The normalized spacial score (nSPS) is 9.83. The smallest absolute Gasteiger partial charge is 0.320 e. The Hall–Kier alpha value is -1.55. The van der Waals surface area contributed by atoms with Crippen LogP contribution in [0.3, 0.4) is 0 Å². The van der Waals surface area contributed by atoms with E-state index < -0.39 is 5.97 Å². The summed E-state index contributed by atoms with van der Waals surface area (Å²) >= 11 is 5.24. The van der Waals surface area contributed by atoms with Crippen LogP contribution in [0.1, 0.15) is 18.4 Å². The standard InChI is InChI=1S/C13H15ClO4/c14-9-13(16)17-8-4-7-12(15)18-10-11-5-2-1-3-6-11/h1-3,5-6H,4,7-10H2. The van der Waals surface area contributed by atoms with Gasteiger partial charge < -0.3 is 9.47 Å². The van der Waals surface area contributed by atoms with Gasteiger partial charge in [-0.2, -0.15) is 0 Å². The Labute approximate surface area is 111 Å². The molecule has 0 aliphatic carbocycles. The summed E-state index contributed by atoms with van der Waals surface area (Å²) in [6, 6.07) is 9.44. The fraction of sp³-hybridized carbons (Fsp3) is 0.385. The van der Waals surface area contributed by atoms with E-state index in [4.69, 9.17) is 21.1 Å². The van der Waals surface area contributed by atoms with Crippen LogP contribution in [-0.2, 0) is 25.7 Å². The molecular formula is C13H15ClO4. The maximum Gasteiger partial charge on any atom is 0.320 e. The zero-order valence-corrected chi connectivity index (χ0v) is 10.7. The second-order valence-corrected chi connectivity index (χ2v) is 3.87. The highest BCUT2D eigenvalue weighted by Gasteiger charge is 2.05. The SMILES string of the molecule is O=C(CCl)OCCCC(=O)OCc1ccccc1. The van der Waals surface area contributed by atoms with Crippen LogP contribution in [0.5, 0.6) is 0 Å². The van der Waals surface area contributed by atoms with Crippen molar-refractivity contribution in [3.8, 4) is 0 Å². The molecule has 5 heteroatoms. The first-order valence-corrected chi connectivity index (χ1v) is 6.17. The van der Waals surface area contributed by atoms with Gasteiger partial charge in [0.05, 0.1) is 6.61 Å². The number of halogens is 1. The number of alkyl halides is 1. The predicted octanol–water partition coefficient (Wildman–Crippen LogP) is 2.29. The van der Waals surface area contributed by atoms with Gasteiger partial charge in [-0.05, 0) is 12.0 Å². The molecule has 0 bridgehead atoms. The van der Waals surface area contributed by atoms with E-state index in [0.717, 1.165) is 5.56 Å². The van der Waals surface area contributed by atoms with Crippen molar-refractivity contribution in [2.75, 3.05) is 12.5 Å². The van der Waals surface area contributed by atoms with Crippen molar-refractivity contribution in [3.63, 3.8) is 0 Å². The van der Waals surface area contributed by atoms with E-state index in [0.29, 0.717) is 6.42 Å². The average molecular weight is 271 g/mol. The van der Waals surface area contributed by atoms with E-state index in [1.165, 1.54) is 0 Å². The van der Waals surface area contributed by atoms with Crippen LogP contribution >= 0.6 is 11.6 Å². The van der Waals surface area contributed by atoms with Gasteiger partial charge in [0, 0.05) is 6.42 Å². The van der Waals surface area contributed by atoms with E-state index in [9.17, 15) is 9.59 Å². The van der Waals surface area contributed by atoms with Gasteiger partial charge >= 0.3 is 11.9 Å². The molecule has 0 radical (unpaired) electrons. The van der Waals surface area contributed by atoms with Crippen molar-refractivity contribution in [1.29, 1.82) is 0 Å². The highest BCUT2D eigenvalue weighted by Crippen LogP contribution is 2.02. The summed E-state index contributed by atoms with van der Waals surface area (Å²) in [6.45, 7) is 0.452. The van der Waals surface area contributed by atoms with Crippen LogP contribution in [0.25, 0.3) is 0 Å². The molecule has 18 heavy (non-hydrogen) atoms. The zero-order valence-electron chi connectivity index (χ0n) is 9.93. The molecule has 1 aromatic rings. The molecule has 0 fully saturated rings. The average Bonchev–Trinajstić information content (AvgIpc) is 2.42. The molecule has 1 aromatic carbocycles. The second-order valence-electron chi connectivity index (χ2n) is 3.60. The minimum atomic E-state index is -0.477. The summed E-state index contributed by atoms with van der Waals surface area (Å²) in [5.74, 6) is -0.951. The number of rotatable bonds is 7. The van der Waals surface area contributed by atoms with Gasteiger partial charge in [0.2, 0.25) is 0 Å². The van der Waals surface area contributed by atoms with Crippen molar-refractivity contribution in [2.45, 2.75) is 19.4 Å². The lowest BCUT2D eigenvalue weighted by Gasteiger charge is -2.05. The fourth-order valence-corrected chi connectivity index (χ4v) is 1.33. The van der Waals surface area contributed by atoms with Gasteiger partial charge in [-0.25, -0.2) is 0 Å². The topological polar surface area (TPSA) is 52.6 Å². The lowest BCUT2D eigenvalue weighted by molar-refractivity contribution is -0.147. The summed E-state index contributed by atoms with van der Waals surface area (Å²) < 4.78 is 9.78. The first kappa shape index (κ1) is 14.5. The number of hydrogen-bond acceptors (Lipinski definition) is 4. The quantitative estimate of drug-likeness (QED) is 0.433. The van der Waals surface area contributed by atoms with Gasteiger partial charge in [-0.3, -0.25) is 9.59 Å². The third kappa shape index (κ3) is 6.25. The number of hydrogen-bond donors (Lipinski definition) is 0. The second kappa shape index (κ2) is 8.53. The Morgan fingerprint density at radius 2 is 1.78 bits per heavy atom. The van der Waals surface area contributed by atoms with Crippen molar-refractivity contribution in [2.24, 2.45) is 0 Å². The van der Waals surface area contributed by atoms with Crippen molar-refractivity contribution >= 4 is 23.5 Å². The molecule has 0 unspecified atom stereocenters. The van der Waals surface area contributed by atoms with Crippen molar-refractivity contribution in [1.82, 2.24) is 0 Å². The molecule has 1 rings (SSSR count). The summed E-state index contributed by atoms with van der Waals surface area (Å²) in [7, 11) is 0. The van der Waals surface area contributed by atoms with Crippen LogP contribution in [-0.4, -0.2) is 24.4 Å². The van der Waals surface area contributed by atoms with Gasteiger partial charge in [0.1, 0.15) is 12.5 Å². The minimum absolute atomic E-state index is 0.168. The molecular weight excluding hydrogens is 256 g/mol. The molecule has 4 nitrogen and oxygen atoms in total. The Morgan fingerprint density at radius 1 is 1.06 bits per heavy atom. The third-order valence-corrected chi connectivity index (χ3v) is 2.36. The molecule has 0 aromatic heterocycles. The number of carbonyl (C=O) groups is 2. The molecule has 0 heterocycles. The molecule has 0 saturated heterocycles. The predicted molar refractivity (Wildman–Crippen MR) is 67.2 cm³/mol. The fourth-order valence-electron chi connectivity index (χ4n) is 1.25. The summed E-state index contributed by atoms with van der Waals surface area (Å²) in [5, 5.41) is 0. The minimum Gasteiger partial charge on any atom is -0.465 e. The number of esters is 2. The first-order chi connectivity index (χ1) is 8.72.